The number of fused-ring (bicyclic) bond motifs is 2. The quantitative estimate of drug-likeness (QED) is 0.299. The molecule has 3 aliphatic heterocycles. The van der Waals surface area contributed by atoms with Gasteiger partial charge in [0.2, 0.25) is 5.79 Å². The van der Waals surface area contributed by atoms with Gasteiger partial charge in [-0.15, -0.1) is 0 Å². The van der Waals surface area contributed by atoms with Crippen molar-refractivity contribution in [3.63, 3.8) is 0 Å². The van der Waals surface area contributed by atoms with Crippen molar-refractivity contribution >= 4 is 0 Å². The molecule has 0 aromatic carbocycles. The summed E-state index contributed by atoms with van der Waals surface area (Å²) in [5, 5.41) is 57.9. The second-order valence-corrected chi connectivity index (χ2v) is 5.65. The molecule has 0 saturated carbocycles. The Labute approximate surface area is 125 Å². The minimum atomic E-state index is -1.75. The summed E-state index contributed by atoms with van der Waals surface area (Å²) in [6, 6.07) is 0. The Morgan fingerprint density at radius 2 is 1.45 bits per heavy atom. The van der Waals surface area contributed by atoms with Crippen LogP contribution in [-0.2, 0) is 18.9 Å². The molecule has 128 valence electrons. The van der Waals surface area contributed by atoms with Gasteiger partial charge in [-0.25, -0.2) is 0 Å². The maximum absolute atomic E-state index is 10.1. The van der Waals surface area contributed by atoms with Crippen LogP contribution in [0, 0.1) is 0 Å². The maximum Gasteiger partial charge on any atom is 0.224 e. The van der Waals surface area contributed by atoms with Gasteiger partial charge < -0.3 is 49.6 Å². The van der Waals surface area contributed by atoms with Crippen LogP contribution in [0.25, 0.3) is 0 Å². The SMILES string of the molecule is OC[C@H]1O[C@@]2(CO)O[C@H]3O[C@H](CO)[C@@H](O)[C@H](O)[C@H]3O[C@H]2[C@@H]1O. The van der Waals surface area contributed by atoms with E-state index in [0.29, 0.717) is 0 Å². The van der Waals surface area contributed by atoms with E-state index in [0.717, 1.165) is 0 Å². The highest BCUT2D eigenvalue weighted by Crippen LogP contribution is 2.43. The minimum absolute atomic E-state index is 0.521. The molecule has 9 atom stereocenters. The van der Waals surface area contributed by atoms with Crippen LogP contribution >= 0.6 is 0 Å². The Bertz CT molecular complexity index is 407. The largest absolute Gasteiger partial charge is 0.394 e. The molecular weight excluding hydrogens is 304 g/mol. The van der Waals surface area contributed by atoms with Gasteiger partial charge in [-0.05, 0) is 0 Å². The van der Waals surface area contributed by atoms with E-state index in [1.165, 1.54) is 0 Å². The summed E-state index contributed by atoms with van der Waals surface area (Å²) in [5.41, 5.74) is 0. The highest BCUT2D eigenvalue weighted by molar-refractivity contribution is 5.03. The van der Waals surface area contributed by atoms with E-state index in [1.807, 2.05) is 0 Å². The molecule has 22 heavy (non-hydrogen) atoms. The van der Waals surface area contributed by atoms with Gasteiger partial charge in [-0.2, -0.15) is 0 Å². The van der Waals surface area contributed by atoms with Crippen molar-refractivity contribution in [2.75, 3.05) is 19.8 Å². The Kier molecular flexibility index (Phi) is 4.42. The molecule has 0 aromatic rings. The summed E-state index contributed by atoms with van der Waals surface area (Å²) in [4.78, 5) is 0. The molecule has 3 saturated heterocycles. The van der Waals surface area contributed by atoms with E-state index in [4.69, 9.17) is 24.1 Å². The van der Waals surface area contributed by atoms with Crippen LogP contribution in [0.15, 0.2) is 0 Å². The molecular formula is C12H20O10. The van der Waals surface area contributed by atoms with Crippen LogP contribution in [0.2, 0.25) is 0 Å². The van der Waals surface area contributed by atoms with Crippen LogP contribution in [-0.4, -0.2) is 105 Å². The van der Waals surface area contributed by atoms with Crippen LogP contribution in [0.4, 0.5) is 0 Å². The first-order valence-corrected chi connectivity index (χ1v) is 7.00. The van der Waals surface area contributed by atoms with Crippen molar-refractivity contribution in [2.24, 2.45) is 0 Å². The Balaban J connectivity index is 1.86. The lowest BCUT2D eigenvalue weighted by Gasteiger charge is -2.50. The molecule has 10 nitrogen and oxygen atoms in total. The molecule has 0 aliphatic carbocycles. The summed E-state index contributed by atoms with van der Waals surface area (Å²) in [7, 11) is 0. The molecule has 3 heterocycles. The molecule has 3 aliphatic rings. The van der Waals surface area contributed by atoms with Gasteiger partial charge in [0.1, 0.15) is 49.3 Å². The van der Waals surface area contributed by atoms with E-state index < -0.39 is 74.6 Å². The fourth-order valence-electron chi connectivity index (χ4n) is 3.10. The predicted octanol–water partition coefficient (Wildman–Crippen LogP) is -4.35. The molecule has 0 radical (unpaired) electrons. The summed E-state index contributed by atoms with van der Waals surface area (Å²) < 4.78 is 21.8. The number of aliphatic hydroxyl groups is 6. The topological polar surface area (TPSA) is 158 Å². The van der Waals surface area contributed by atoms with Gasteiger partial charge in [0.15, 0.2) is 6.29 Å². The van der Waals surface area contributed by atoms with E-state index in [2.05, 4.69) is 0 Å². The monoisotopic (exact) mass is 324 g/mol. The Morgan fingerprint density at radius 1 is 0.773 bits per heavy atom. The molecule has 3 rings (SSSR count). The number of ether oxygens (including phenoxy) is 4. The Hall–Kier alpha value is -0.400. The second-order valence-electron chi connectivity index (χ2n) is 5.65. The molecule has 0 unspecified atom stereocenters. The first-order chi connectivity index (χ1) is 10.5. The number of rotatable bonds is 3. The van der Waals surface area contributed by atoms with Crippen LogP contribution in [0.5, 0.6) is 0 Å². The van der Waals surface area contributed by atoms with Gasteiger partial charge in [0, 0.05) is 0 Å². The average molecular weight is 324 g/mol. The molecule has 0 spiro atoms. The lowest BCUT2D eigenvalue weighted by Crippen LogP contribution is -2.69. The zero-order valence-electron chi connectivity index (χ0n) is 11.6. The highest BCUT2D eigenvalue weighted by Gasteiger charge is 2.64. The lowest BCUT2D eigenvalue weighted by molar-refractivity contribution is -0.433. The third-order valence-corrected chi connectivity index (χ3v) is 4.32. The van der Waals surface area contributed by atoms with E-state index in [-0.39, 0.29) is 0 Å². The smallest absolute Gasteiger partial charge is 0.224 e. The van der Waals surface area contributed by atoms with Gasteiger partial charge >= 0.3 is 0 Å². The fourth-order valence-corrected chi connectivity index (χ4v) is 3.10. The molecule has 10 heteroatoms. The zero-order chi connectivity index (χ0) is 16.1. The standard InChI is InChI=1S/C12H20O10/c13-1-4-6(16)8(18)9-11(19-4)22-12(3-15)10(20-9)7(17)5(2-14)21-12/h4-11,13-18H,1-3H2/t4-,5-,6-,7-,8+,9-,10+,11-,12+/m1/s1. The number of aliphatic hydroxyl groups excluding tert-OH is 6. The molecule has 0 bridgehead atoms. The number of hydrogen-bond acceptors (Lipinski definition) is 10. The van der Waals surface area contributed by atoms with Crippen molar-refractivity contribution in [1.82, 2.24) is 0 Å². The third kappa shape index (κ3) is 2.27. The predicted molar refractivity (Wildman–Crippen MR) is 65.3 cm³/mol. The average Bonchev–Trinajstić information content (AvgIpc) is 2.82. The first kappa shape index (κ1) is 16.5. The van der Waals surface area contributed by atoms with Crippen LogP contribution < -0.4 is 0 Å². The maximum atomic E-state index is 10.1. The Morgan fingerprint density at radius 3 is 2.05 bits per heavy atom. The van der Waals surface area contributed by atoms with Gasteiger partial charge in [0.25, 0.3) is 0 Å². The lowest BCUT2D eigenvalue weighted by atomic mass is 9.95. The third-order valence-electron chi connectivity index (χ3n) is 4.32. The molecule has 0 aromatic heterocycles. The summed E-state index contributed by atoms with van der Waals surface area (Å²) in [6.45, 7) is -1.75. The van der Waals surface area contributed by atoms with Crippen molar-refractivity contribution in [3.8, 4) is 0 Å². The van der Waals surface area contributed by atoms with E-state index in [1.54, 1.807) is 0 Å². The van der Waals surface area contributed by atoms with E-state index in [9.17, 15) is 25.5 Å². The molecule has 0 amide bonds. The number of hydrogen-bond donors (Lipinski definition) is 6. The first-order valence-electron chi connectivity index (χ1n) is 7.00. The molecule has 3 fully saturated rings. The van der Waals surface area contributed by atoms with Crippen LogP contribution in [0.1, 0.15) is 0 Å². The second kappa shape index (κ2) is 5.91. The zero-order valence-corrected chi connectivity index (χ0v) is 11.6. The van der Waals surface area contributed by atoms with Gasteiger partial charge in [0.05, 0.1) is 13.2 Å². The fraction of sp³-hybridized carbons (Fsp3) is 1.00. The van der Waals surface area contributed by atoms with Crippen molar-refractivity contribution < 1.29 is 49.6 Å². The van der Waals surface area contributed by atoms with Crippen LogP contribution in [0.3, 0.4) is 0 Å². The normalized spacial score (nSPS) is 54.8. The summed E-state index contributed by atoms with van der Waals surface area (Å²) in [6.07, 6.45) is -9.77. The summed E-state index contributed by atoms with van der Waals surface area (Å²) >= 11 is 0. The summed E-state index contributed by atoms with van der Waals surface area (Å²) in [5.74, 6) is -1.75. The van der Waals surface area contributed by atoms with Crippen molar-refractivity contribution in [3.05, 3.63) is 0 Å². The van der Waals surface area contributed by atoms with E-state index >= 15 is 0 Å². The van der Waals surface area contributed by atoms with Crippen molar-refractivity contribution in [1.29, 1.82) is 0 Å². The highest BCUT2D eigenvalue weighted by atomic mass is 16.8. The minimum Gasteiger partial charge on any atom is -0.394 e. The van der Waals surface area contributed by atoms with Gasteiger partial charge in [-0.3, -0.25) is 0 Å². The molecule has 6 N–H and O–H groups in total. The van der Waals surface area contributed by atoms with Gasteiger partial charge in [-0.1, -0.05) is 0 Å². The van der Waals surface area contributed by atoms with Crippen molar-refractivity contribution in [2.45, 2.75) is 54.8 Å².